The van der Waals surface area contributed by atoms with Crippen molar-refractivity contribution in [2.75, 3.05) is 11.9 Å². The molecule has 4 rings (SSSR count). The number of benzene rings is 3. The van der Waals surface area contributed by atoms with Crippen molar-refractivity contribution in [3.63, 3.8) is 0 Å². The van der Waals surface area contributed by atoms with Crippen LogP contribution in [-0.4, -0.2) is 22.1 Å². The van der Waals surface area contributed by atoms with Gasteiger partial charge < -0.3 is 10.1 Å². The fourth-order valence-corrected chi connectivity index (χ4v) is 4.01. The molecule has 6 nitrogen and oxygen atoms in total. The number of rotatable bonds is 5. The average molecular weight is 503 g/mol. The van der Waals surface area contributed by atoms with E-state index in [1.54, 1.807) is 29.7 Å². The van der Waals surface area contributed by atoms with Crippen LogP contribution in [0.15, 0.2) is 59.4 Å². The summed E-state index contributed by atoms with van der Waals surface area (Å²) in [6.45, 7) is 3.35. The lowest BCUT2D eigenvalue weighted by atomic mass is 10.1. The second kappa shape index (κ2) is 9.43. The molecule has 0 aliphatic rings. The number of nitrogens with one attached hydrogen (secondary N) is 1. The molecule has 4 aromatic rings. The van der Waals surface area contributed by atoms with Crippen molar-refractivity contribution < 1.29 is 9.53 Å². The standard InChI is InChI=1S/C24H18Cl3N3O3/c1-13-9-15(30-14(2)28-21-6-4-3-5-16(21)24(30)32)7-8-20(13)29-23(31)12-33-22-11-18(26)17(25)10-19(22)27/h3-11H,12H2,1-2H3,(H,29,31). The van der Waals surface area contributed by atoms with Crippen molar-refractivity contribution in [2.45, 2.75) is 13.8 Å². The molecule has 0 radical (unpaired) electrons. The Kier molecular flexibility index (Phi) is 6.61. The van der Waals surface area contributed by atoms with Gasteiger partial charge in [0.1, 0.15) is 11.6 Å². The first kappa shape index (κ1) is 23.1. The third kappa shape index (κ3) is 4.83. The second-order valence-electron chi connectivity index (χ2n) is 7.35. The molecule has 0 unspecified atom stereocenters. The van der Waals surface area contributed by atoms with Crippen molar-refractivity contribution in [3.8, 4) is 11.4 Å². The number of amides is 1. The Labute approximate surface area is 204 Å². The lowest BCUT2D eigenvalue weighted by Gasteiger charge is -2.14. The van der Waals surface area contributed by atoms with Crippen molar-refractivity contribution in [2.24, 2.45) is 0 Å². The Hall–Kier alpha value is -3.06. The first-order valence-electron chi connectivity index (χ1n) is 9.91. The van der Waals surface area contributed by atoms with Gasteiger partial charge in [-0.05, 0) is 55.8 Å². The Morgan fingerprint density at radius 1 is 1.00 bits per heavy atom. The zero-order valence-electron chi connectivity index (χ0n) is 17.7. The summed E-state index contributed by atoms with van der Waals surface area (Å²) in [4.78, 5) is 30.0. The van der Waals surface area contributed by atoms with Crippen LogP contribution in [0.5, 0.6) is 5.75 Å². The Bertz CT molecular complexity index is 1450. The molecule has 0 fully saturated rings. The van der Waals surface area contributed by atoms with Gasteiger partial charge in [-0.25, -0.2) is 4.98 Å². The van der Waals surface area contributed by atoms with Crippen LogP contribution in [0.1, 0.15) is 11.4 Å². The minimum atomic E-state index is -0.381. The lowest BCUT2D eigenvalue weighted by Crippen LogP contribution is -2.23. The SMILES string of the molecule is Cc1cc(-n2c(C)nc3ccccc3c2=O)ccc1NC(=O)COc1cc(Cl)c(Cl)cc1Cl. The van der Waals surface area contributed by atoms with Crippen LogP contribution >= 0.6 is 34.8 Å². The van der Waals surface area contributed by atoms with E-state index in [-0.39, 0.29) is 33.9 Å². The minimum Gasteiger partial charge on any atom is -0.482 e. The largest absolute Gasteiger partial charge is 0.482 e. The summed E-state index contributed by atoms with van der Waals surface area (Å²) in [5.41, 5.74) is 2.52. The molecular weight excluding hydrogens is 485 g/mol. The number of fused-ring (bicyclic) bond motifs is 1. The fourth-order valence-electron chi connectivity index (χ4n) is 3.42. The Balaban J connectivity index is 1.53. The van der Waals surface area contributed by atoms with Crippen LogP contribution < -0.4 is 15.6 Å². The molecule has 0 aliphatic carbocycles. The summed E-state index contributed by atoms with van der Waals surface area (Å²) in [7, 11) is 0. The van der Waals surface area contributed by atoms with Gasteiger partial charge in [-0.15, -0.1) is 0 Å². The van der Waals surface area contributed by atoms with Gasteiger partial charge >= 0.3 is 0 Å². The fraction of sp³-hybridized carbons (Fsp3) is 0.125. The highest BCUT2D eigenvalue weighted by Crippen LogP contribution is 2.33. The first-order chi connectivity index (χ1) is 15.7. The van der Waals surface area contributed by atoms with E-state index in [2.05, 4.69) is 10.3 Å². The van der Waals surface area contributed by atoms with Gasteiger partial charge in [0.25, 0.3) is 11.5 Å². The molecule has 0 atom stereocenters. The topological polar surface area (TPSA) is 73.2 Å². The predicted molar refractivity (Wildman–Crippen MR) is 132 cm³/mol. The van der Waals surface area contributed by atoms with Crippen LogP contribution in [0.2, 0.25) is 15.1 Å². The summed E-state index contributed by atoms with van der Waals surface area (Å²) in [5.74, 6) is 0.447. The van der Waals surface area contributed by atoms with Crippen molar-refractivity contribution in [1.29, 1.82) is 0 Å². The first-order valence-corrected chi connectivity index (χ1v) is 11.0. The summed E-state index contributed by atoms with van der Waals surface area (Å²) in [6.07, 6.45) is 0. The number of halogens is 3. The molecule has 0 bridgehead atoms. The minimum absolute atomic E-state index is 0.152. The Morgan fingerprint density at radius 3 is 2.48 bits per heavy atom. The summed E-state index contributed by atoms with van der Waals surface area (Å²) in [5, 5.41) is 4.16. The normalized spacial score (nSPS) is 10.9. The maximum absolute atomic E-state index is 13.0. The van der Waals surface area contributed by atoms with Crippen LogP contribution in [0.25, 0.3) is 16.6 Å². The third-order valence-corrected chi connectivity index (χ3v) is 6.04. The number of hydrogen-bond donors (Lipinski definition) is 1. The van der Waals surface area contributed by atoms with Gasteiger partial charge in [-0.2, -0.15) is 0 Å². The van der Waals surface area contributed by atoms with E-state index in [0.717, 1.165) is 5.56 Å². The molecule has 33 heavy (non-hydrogen) atoms. The molecule has 3 aromatic carbocycles. The lowest BCUT2D eigenvalue weighted by molar-refractivity contribution is -0.118. The van der Waals surface area contributed by atoms with Crippen molar-refractivity contribution in [3.05, 3.63) is 91.4 Å². The zero-order chi connectivity index (χ0) is 23.7. The molecule has 1 heterocycles. The molecule has 0 aliphatic heterocycles. The smallest absolute Gasteiger partial charge is 0.265 e. The Morgan fingerprint density at radius 2 is 1.73 bits per heavy atom. The van der Waals surface area contributed by atoms with Crippen molar-refractivity contribution in [1.82, 2.24) is 9.55 Å². The molecule has 168 valence electrons. The van der Waals surface area contributed by atoms with E-state index in [1.807, 2.05) is 31.2 Å². The average Bonchev–Trinajstić information content (AvgIpc) is 2.77. The van der Waals surface area contributed by atoms with Crippen molar-refractivity contribution >= 4 is 57.3 Å². The number of para-hydroxylation sites is 1. The number of ether oxygens (including phenoxy) is 1. The van der Waals surface area contributed by atoms with E-state index in [1.165, 1.54) is 12.1 Å². The molecule has 1 amide bonds. The quantitative estimate of drug-likeness (QED) is 0.341. The second-order valence-corrected chi connectivity index (χ2v) is 8.57. The highest BCUT2D eigenvalue weighted by Gasteiger charge is 2.13. The van der Waals surface area contributed by atoms with E-state index >= 15 is 0 Å². The summed E-state index contributed by atoms with van der Waals surface area (Å²) < 4.78 is 7.02. The highest BCUT2D eigenvalue weighted by molar-refractivity contribution is 6.43. The molecule has 1 aromatic heterocycles. The maximum atomic E-state index is 13.0. The highest BCUT2D eigenvalue weighted by atomic mass is 35.5. The maximum Gasteiger partial charge on any atom is 0.265 e. The number of aryl methyl sites for hydroxylation is 2. The number of anilines is 1. The molecular formula is C24H18Cl3N3O3. The number of aromatic nitrogens is 2. The molecule has 1 N–H and O–H groups in total. The van der Waals surface area contributed by atoms with Gasteiger partial charge in [-0.1, -0.05) is 46.9 Å². The number of nitrogens with zero attached hydrogens (tertiary/aromatic N) is 2. The van der Waals surface area contributed by atoms with Gasteiger partial charge in [0.2, 0.25) is 0 Å². The molecule has 0 saturated heterocycles. The zero-order valence-corrected chi connectivity index (χ0v) is 19.9. The molecule has 0 saturated carbocycles. The van der Waals surface area contributed by atoms with Crippen LogP contribution in [-0.2, 0) is 4.79 Å². The monoisotopic (exact) mass is 501 g/mol. The van der Waals surface area contributed by atoms with Gasteiger partial charge in [0, 0.05) is 11.8 Å². The van der Waals surface area contributed by atoms with E-state index in [9.17, 15) is 9.59 Å². The van der Waals surface area contributed by atoms with Gasteiger partial charge in [-0.3, -0.25) is 14.2 Å². The van der Waals surface area contributed by atoms with Gasteiger partial charge in [0.15, 0.2) is 6.61 Å². The molecule has 0 spiro atoms. The summed E-state index contributed by atoms with van der Waals surface area (Å²) in [6, 6.07) is 15.4. The number of hydrogen-bond acceptors (Lipinski definition) is 4. The third-order valence-electron chi connectivity index (χ3n) is 5.02. The molecule has 9 heteroatoms. The van der Waals surface area contributed by atoms with E-state index < -0.39 is 0 Å². The van der Waals surface area contributed by atoms with Crippen LogP contribution in [0.4, 0.5) is 5.69 Å². The number of carbonyl (C=O) groups is 1. The van der Waals surface area contributed by atoms with Crippen LogP contribution in [0.3, 0.4) is 0 Å². The number of carbonyl (C=O) groups excluding carboxylic acids is 1. The predicted octanol–water partition coefficient (Wildman–Crippen LogP) is 5.98. The summed E-state index contributed by atoms with van der Waals surface area (Å²) >= 11 is 17.9. The van der Waals surface area contributed by atoms with Gasteiger partial charge in [0.05, 0.1) is 31.7 Å². The van der Waals surface area contributed by atoms with Crippen LogP contribution in [0, 0.1) is 13.8 Å². The van der Waals surface area contributed by atoms with E-state index in [0.29, 0.717) is 33.1 Å². The van der Waals surface area contributed by atoms with E-state index in [4.69, 9.17) is 39.5 Å².